The lowest BCUT2D eigenvalue weighted by atomic mass is 10.2. The highest BCUT2D eigenvalue weighted by molar-refractivity contribution is 6.53. The van der Waals surface area contributed by atoms with Gasteiger partial charge in [-0.3, -0.25) is 9.59 Å². The van der Waals surface area contributed by atoms with Crippen LogP contribution in [0.25, 0.3) is 0 Å². The minimum absolute atomic E-state index is 0.115. The quantitative estimate of drug-likeness (QED) is 0.490. The molecule has 9 heteroatoms. The maximum Gasteiger partial charge on any atom is 0.338 e. The topological polar surface area (TPSA) is 94.2 Å². The number of carbonyl (C=O) groups excluding carboxylic acids is 3. The summed E-state index contributed by atoms with van der Waals surface area (Å²) in [6, 6.07) is 11.1. The fourth-order valence-electron chi connectivity index (χ4n) is 2.95. The molecule has 1 aliphatic heterocycles. The molecule has 2 aromatic rings. The van der Waals surface area contributed by atoms with E-state index in [9.17, 15) is 14.4 Å². The van der Waals surface area contributed by atoms with E-state index in [4.69, 9.17) is 25.8 Å². The van der Waals surface area contributed by atoms with Gasteiger partial charge in [-0.25, -0.2) is 9.69 Å². The maximum absolute atomic E-state index is 13.1. The van der Waals surface area contributed by atoms with Gasteiger partial charge in [-0.15, -0.1) is 0 Å². The maximum atomic E-state index is 13.1. The Morgan fingerprint density at radius 2 is 1.84 bits per heavy atom. The number of carbonyl (C=O) groups is 3. The van der Waals surface area contributed by atoms with Crippen molar-refractivity contribution in [3.05, 3.63) is 58.8 Å². The van der Waals surface area contributed by atoms with Crippen LogP contribution < -0.4 is 19.7 Å². The van der Waals surface area contributed by atoms with Crippen molar-refractivity contribution < 1.29 is 28.6 Å². The van der Waals surface area contributed by atoms with E-state index in [1.165, 1.54) is 26.4 Å². The summed E-state index contributed by atoms with van der Waals surface area (Å²) in [7, 11) is 2.89. The number of hydrogen-bond acceptors (Lipinski definition) is 7. The normalized spacial score (nSPS) is 13.5. The van der Waals surface area contributed by atoms with E-state index < -0.39 is 17.8 Å². The molecule has 2 aromatic carbocycles. The van der Waals surface area contributed by atoms with Gasteiger partial charge in [0.25, 0.3) is 11.8 Å². The summed E-state index contributed by atoms with van der Waals surface area (Å²) in [5, 5.41) is 2.56. The van der Waals surface area contributed by atoms with E-state index in [0.717, 1.165) is 4.90 Å². The number of nitrogens with one attached hydrogen (secondary N) is 1. The predicted molar refractivity (Wildman–Crippen MR) is 116 cm³/mol. The molecule has 0 unspecified atom stereocenters. The summed E-state index contributed by atoms with van der Waals surface area (Å²) in [4.78, 5) is 38.9. The number of benzene rings is 2. The molecule has 0 saturated heterocycles. The number of nitrogens with zero attached hydrogens (tertiary/aromatic N) is 1. The van der Waals surface area contributed by atoms with Crippen molar-refractivity contribution in [1.82, 2.24) is 0 Å². The Labute approximate surface area is 184 Å². The van der Waals surface area contributed by atoms with Gasteiger partial charge in [-0.05, 0) is 36.8 Å². The zero-order chi connectivity index (χ0) is 22.5. The predicted octanol–water partition coefficient (Wildman–Crippen LogP) is 3.71. The van der Waals surface area contributed by atoms with Crippen LogP contribution in [0.3, 0.4) is 0 Å². The smallest absolute Gasteiger partial charge is 0.338 e. The van der Waals surface area contributed by atoms with Gasteiger partial charge < -0.3 is 19.5 Å². The Bertz CT molecular complexity index is 1070. The molecule has 0 fully saturated rings. The number of amides is 2. The Morgan fingerprint density at radius 1 is 1.06 bits per heavy atom. The summed E-state index contributed by atoms with van der Waals surface area (Å²) in [6.07, 6.45) is 0.701. The molecule has 0 aromatic heterocycles. The van der Waals surface area contributed by atoms with Gasteiger partial charge in [0.05, 0.1) is 32.1 Å². The number of hydrogen-bond donors (Lipinski definition) is 1. The fraction of sp³-hybridized carbons (Fsp3) is 0.227. The summed E-state index contributed by atoms with van der Waals surface area (Å²) in [5.74, 6) is -1.12. The number of imide groups is 1. The molecule has 2 amide bonds. The monoisotopic (exact) mass is 444 g/mol. The second kappa shape index (κ2) is 9.53. The Hall–Kier alpha value is -3.52. The molecular weight excluding hydrogens is 424 g/mol. The molecule has 0 saturated carbocycles. The van der Waals surface area contributed by atoms with Crippen molar-refractivity contribution in [2.45, 2.75) is 13.3 Å². The number of esters is 1. The van der Waals surface area contributed by atoms with Gasteiger partial charge in [0, 0.05) is 11.8 Å². The highest BCUT2D eigenvalue weighted by Gasteiger charge is 2.40. The summed E-state index contributed by atoms with van der Waals surface area (Å²) >= 11 is 6.20. The average Bonchev–Trinajstić information content (AvgIpc) is 3.00. The van der Waals surface area contributed by atoms with Crippen molar-refractivity contribution in [3.63, 3.8) is 0 Å². The SMILES string of the molecule is CCCOC(=O)c1cccc(NC2=C(Cl)C(=O)N(c3cc(OC)ccc3OC)C2=O)c1. The van der Waals surface area contributed by atoms with Crippen LogP contribution in [0, 0.1) is 0 Å². The Balaban J connectivity index is 1.89. The number of rotatable bonds is 8. The third-order valence-corrected chi connectivity index (χ3v) is 4.81. The van der Waals surface area contributed by atoms with E-state index in [1.54, 1.807) is 30.3 Å². The number of halogens is 1. The van der Waals surface area contributed by atoms with Crippen LogP contribution in [0.5, 0.6) is 11.5 Å². The average molecular weight is 445 g/mol. The van der Waals surface area contributed by atoms with Gasteiger partial charge in [0.2, 0.25) is 0 Å². The van der Waals surface area contributed by atoms with Crippen LogP contribution in [-0.2, 0) is 14.3 Å². The van der Waals surface area contributed by atoms with E-state index in [-0.39, 0.29) is 16.4 Å². The van der Waals surface area contributed by atoms with Crippen molar-refractivity contribution in [2.75, 3.05) is 31.0 Å². The molecule has 0 atom stereocenters. The van der Waals surface area contributed by atoms with E-state index in [2.05, 4.69) is 5.32 Å². The van der Waals surface area contributed by atoms with Gasteiger partial charge in [0.1, 0.15) is 22.2 Å². The largest absolute Gasteiger partial charge is 0.497 e. The molecule has 31 heavy (non-hydrogen) atoms. The van der Waals surface area contributed by atoms with E-state index >= 15 is 0 Å². The first-order chi connectivity index (χ1) is 14.9. The molecule has 0 spiro atoms. The highest BCUT2D eigenvalue weighted by atomic mass is 35.5. The van der Waals surface area contributed by atoms with Gasteiger partial charge in [0.15, 0.2) is 0 Å². The van der Waals surface area contributed by atoms with Crippen molar-refractivity contribution in [1.29, 1.82) is 0 Å². The van der Waals surface area contributed by atoms with E-state index in [0.29, 0.717) is 35.8 Å². The second-order valence-corrected chi connectivity index (χ2v) is 6.89. The minimum atomic E-state index is -0.709. The van der Waals surface area contributed by atoms with Crippen molar-refractivity contribution >= 4 is 40.8 Å². The lowest BCUT2D eigenvalue weighted by Crippen LogP contribution is -2.32. The van der Waals surface area contributed by atoms with Crippen LogP contribution in [0.15, 0.2) is 53.2 Å². The number of ether oxygens (including phenoxy) is 3. The van der Waals surface area contributed by atoms with Gasteiger partial charge in [-0.1, -0.05) is 24.6 Å². The van der Waals surface area contributed by atoms with Gasteiger partial charge in [-0.2, -0.15) is 0 Å². The number of anilines is 2. The molecular formula is C22H21ClN2O6. The lowest BCUT2D eigenvalue weighted by molar-refractivity contribution is -0.120. The lowest BCUT2D eigenvalue weighted by Gasteiger charge is -2.19. The molecule has 3 rings (SSSR count). The van der Waals surface area contributed by atoms with Gasteiger partial charge >= 0.3 is 5.97 Å². The molecule has 162 valence electrons. The molecule has 1 heterocycles. The standard InChI is InChI=1S/C22H21ClN2O6/c1-4-10-31-22(28)13-6-5-7-14(11-13)24-19-18(23)20(26)25(21(19)27)16-12-15(29-2)8-9-17(16)30-3/h5-9,11-12,24H,4,10H2,1-3H3. The van der Waals surface area contributed by atoms with Crippen LogP contribution in [0.2, 0.25) is 0 Å². The molecule has 1 aliphatic rings. The highest BCUT2D eigenvalue weighted by Crippen LogP contribution is 2.37. The third-order valence-electron chi connectivity index (χ3n) is 4.46. The van der Waals surface area contributed by atoms with Crippen molar-refractivity contribution in [3.8, 4) is 11.5 Å². The third kappa shape index (κ3) is 4.49. The molecule has 0 aliphatic carbocycles. The zero-order valence-electron chi connectivity index (χ0n) is 17.2. The Morgan fingerprint density at radius 3 is 2.52 bits per heavy atom. The molecule has 0 bridgehead atoms. The molecule has 1 N–H and O–H groups in total. The fourth-order valence-corrected chi connectivity index (χ4v) is 3.16. The first-order valence-electron chi connectivity index (χ1n) is 9.46. The van der Waals surface area contributed by atoms with Crippen LogP contribution >= 0.6 is 11.6 Å². The molecule has 8 nitrogen and oxygen atoms in total. The van der Waals surface area contributed by atoms with Crippen LogP contribution in [0.1, 0.15) is 23.7 Å². The van der Waals surface area contributed by atoms with Crippen LogP contribution in [0.4, 0.5) is 11.4 Å². The Kier molecular flexibility index (Phi) is 6.81. The summed E-state index contributed by atoms with van der Waals surface area (Å²) in [5.41, 5.74) is 0.789. The number of methoxy groups -OCH3 is 2. The zero-order valence-corrected chi connectivity index (χ0v) is 18.0. The van der Waals surface area contributed by atoms with Crippen LogP contribution in [-0.4, -0.2) is 38.6 Å². The summed E-state index contributed by atoms with van der Waals surface area (Å²) in [6.45, 7) is 2.20. The molecule has 0 radical (unpaired) electrons. The first kappa shape index (κ1) is 22.2. The summed E-state index contributed by atoms with van der Waals surface area (Å²) < 4.78 is 15.6. The van der Waals surface area contributed by atoms with Crippen molar-refractivity contribution in [2.24, 2.45) is 0 Å². The van der Waals surface area contributed by atoms with E-state index in [1.807, 2.05) is 6.92 Å². The minimum Gasteiger partial charge on any atom is -0.497 e. The second-order valence-electron chi connectivity index (χ2n) is 6.51. The first-order valence-corrected chi connectivity index (χ1v) is 9.83.